The molecule has 0 heterocycles. The maximum Gasteiger partial charge on any atom is 0.319 e. The van der Waals surface area contributed by atoms with Crippen LogP contribution in [0.4, 0.5) is 0 Å². The summed E-state index contributed by atoms with van der Waals surface area (Å²) in [7, 11) is 0. The first-order valence-corrected chi connectivity index (χ1v) is 6.02. The van der Waals surface area contributed by atoms with Crippen LogP contribution in [0.2, 0.25) is 0 Å². The maximum atomic E-state index is 11.9. The van der Waals surface area contributed by atoms with Crippen LogP contribution in [0.3, 0.4) is 0 Å². The monoisotopic (exact) mass is 225 g/mol. The van der Waals surface area contributed by atoms with Crippen molar-refractivity contribution in [3.8, 4) is 0 Å². The molecular weight excluding hydrogens is 206 g/mol. The van der Waals surface area contributed by atoms with E-state index in [9.17, 15) is 9.59 Å². The lowest BCUT2D eigenvalue weighted by Crippen LogP contribution is -2.44. The largest absolute Gasteiger partial charge is 0.480 e. The van der Waals surface area contributed by atoms with Gasteiger partial charge in [0.2, 0.25) is 5.91 Å². The molecule has 0 radical (unpaired) electrons. The Balaban J connectivity index is 1.96. The number of amides is 1. The molecule has 2 fully saturated rings. The van der Waals surface area contributed by atoms with Crippen molar-refractivity contribution in [2.24, 2.45) is 17.3 Å². The van der Waals surface area contributed by atoms with E-state index in [0.29, 0.717) is 24.7 Å². The van der Waals surface area contributed by atoms with Crippen LogP contribution in [-0.2, 0) is 9.59 Å². The Morgan fingerprint density at radius 1 is 1.25 bits per heavy atom. The molecule has 2 aliphatic carbocycles. The summed E-state index contributed by atoms with van der Waals surface area (Å²) < 4.78 is 0. The molecule has 0 aromatic rings. The Morgan fingerprint density at radius 3 is 2.25 bits per heavy atom. The molecule has 2 rings (SSSR count). The number of carbonyl (C=O) groups excluding carboxylic acids is 1. The number of aliphatic carboxylic acids is 1. The Morgan fingerprint density at radius 2 is 1.88 bits per heavy atom. The van der Waals surface area contributed by atoms with Crippen molar-refractivity contribution in [2.75, 3.05) is 0 Å². The van der Waals surface area contributed by atoms with Gasteiger partial charge in [0.05, 0.1) is 0 Å². The quantitative estimate of drug-likeness (QED) is 0.713. The van der Waals surface area contributed by atoms with Gasteiger partial charge in [0.25, 0.3) is 0 Å². The van der Waals surface area contributed by atoms with Gasteiger partial charge in [-0.3, -0.25) is 9.59 Å². The highest BCUT2D eigenvalue weighted by atomic mass is 16.4. The van der Waals surface area contributed by atoms with Crippen LogP contribution < -0.4 is 5.32 Å². The number of carboxylic acids is 1. The van der Waals surface area contributed by atoms with Crippen LogP contribution in [0.1, 0.15) is 39.5 Å². The minimum atomic E-state index is -1.09. The number of rotatable bonds is 3. The standard InChI is InChI=1S/C12H19NO3/c1-7-3-4-9(8(7)2)13-10(14)12(5-6-12)11(15)16/h7-9H,3-6H2,1-2H3,(H,13,14)(H,15,16). The van der Waals surface area contributed by atoms with Crippen molar-refractivity contribution in [1.82, 2.24) is 5.32 Å². The Bertz CT molecular complexity index is 322. The van der Waals surface area contributed by atoms with Crippen LogP contribution in [0.5, 0.6) is 0 Å². The lowest BCUT2D eigenvalue weighted by Gasteiger charge is -2.21. The van der Waals surface area contributed by atoms with Crippen LogP contribution in [0.25, 0.3) is 0 Å². The van der Waals surface area contributed by atoms with Gasteiger partial charge in [-0.1, -0.05) is 13.8 Å². The molecule has 16 heavy (non-hydrogen) atoms. The second-order valence-corrected chi connectivity index (χ2v) is 5.38. The van der Waals surface area contributed by atoms with Gasteiger partial charge in [-0.25, -0.2) is 0 Å². The van der Waals surface area contributed by atoms with Gasteiger partial charge in [0.1, 0.15) is 5.41 Å². The highest BCUT2D eigenvalue weighted by Gasteiger charge is 2.57. The fourth-order valence-corrected chi connectivity index (χ4v) is 2.54. The first kappa shape index (κ1) is 11.4. The van der Waals surface area contributed by atoms with Gasteiger partial charge < -0.3 is 10.4 Å². The number of carbonyl (C=O) groups is 2. The fraction of sp³-hybridized carbons (Fsp3) is 0.833. The van der Waals surface area contributed by atoms with Gasteiger partial charge in [-0.2, -0.15) is 0 Å². The highest BCUT2D eigenvalue weighted by molar-refractivity contribution is 6.04. The molecule has 4 nitrogen and oxygen atoms in total. The summed E-state index contributed by atoms with van der Waals surface area (Å²) in [6.45, 7) is 4.31. The zero-order valence-electron chi connectivity index (χ0n) is 9.82. The van der Waals surface area contributed by atoms with Crippen LogP contribution in [-0.4, -0.2) is 23.0 Å². The summed E-state index contributed by atoms with van der Waals surface area (Å²) >= 11 is 0. The van der Waals surface area contributed by atoms with Gasteiger partial charge in [0, 0.05) is 6.04 Å². The summed E-state index contributed by atoms with van der Waals surface area (Å²) in [6.07, 6.45) is 3.07. The minimum Gasteiger partial charge on any atom is -0.480 e. The van der Waals surface area contributed by atoms with E-state index in [2.05, 4.69) is 19.2 Å². The number of nitrogens with one attached hydrogen (secondary N) is 1. The topological polar surface area (TPSA) is 66.4 Å². The summed E-state index contributed by atoms with van der Waals surface area (Å²) in [5, 5.41) is 11.9. The average molecular weight is 225 g/mol. The van der Waals surface area contributed by atoms with E-state index in [1.54, 1.807) is 0 Å². The minimum absolute atomic E-state index is 0.166. The molecule has 0 saturated heterocycles. The molecule has 0 aromatic heterocycles. The van der Waals surface area contributed by atoms with Gasteiger partial charge >= 0.3 is 5.97 Å². The fourth-order valence-electron chi connectivity index (χ4n) is 2.54. The van der Waals surface area contributed by atoms with Gasteiger partial charge in [-0.05, 0) is 37.5 Å². The van der Waals surface area contributed by atoms with E-state index in [4.69, 9.17) is 5.11 Å². The van der Waals surface area contributed by atoms with Crippen LogP contribution in [0.15, 0.2) is 0 Å². The number of hydrogen-bond acceptors (Lipinski definition) is 2. The molecule has 2 aliphatic rings. The highest BCUT2D eigenvalue weighted by Crippen LogP contribution is 2.46. The number of hydrogen-bond donors (Lipinski definition) is 2. The Labute approximate surface area is 95.4 Å². The zero-order chi connectivity index (χ0) is 11.9. The SMILES string of the molecule is CC1CCC(NC(=O)C2(C(=O)O)CC2)C1C. The number of carboxylic acid groups (broad SMARTS) is 1. The Kier molecular flexibility index (Phi) is 2.68. The molecule has 3 atom stereocenters. The normalized spacial score (nSPS) is 35.8. The molecule has 0 aliphatic heterocycles. The third kappa shape index (κ3) is 1.70. The van der Waals surface area contributed by atoms with E-state index in [1.807, 2.05) is 0 Å². The van der Waals surface area contributed by atoms with Crippen LogP contribution >= 0.6 is 0 Å². The lowest BCUT2D eigenvalue weighted by atomic mass is 9.97. The first-order valence-electron chi connectivity index (χ1n) is 6.02. The molecule has 90 valence electrons. The van der Waals surface area contributed by atoms with Crippen LogP contribution in [0, 0.1) is 17.3 Å². The summed E-state index contributed by atoms with van der Waals surface area (Å²) in [4.78, 5) is 22.9. The first-order chi connectivity index (χ1) is 7.47. The lowest BCUT2D eigenvalue weighted by molar-refractivity contribution is -0.149. The molecule has 3 unspecified atom stereocenters. The van der Waals surface area contributed by atoms with Crippen molar-refractivity contribution in [3.63, 3.8) is 0 Å². The molecule has 2 saturated carbocycles. The molecule has 0 aromatic carbocycles. The second-order valence-electron chi connectivity index (χ2n) is 5.38. The van der Waals surface area contributed by atoms with Gasteiger partial charge in [0.15, 0.2) is 0 Å². The van der Waals surface area contributed by atoms with E-state index in [-0.39, 0.29) is 11.9 Å². The second kappa shape index (κ2) is 3.75. The average Bonchev–Trinajstić information content (AvgIpc) is 2.98. The molecule has 4 heteroatoms. The van der Waals surface area contributed by atoms with Crippen molar-refractivity contribution in [1.29, 1.82) is 0 Å². The van der Waals surface area contributed by atoms with E-state index in [0.717, 1.165) is 12.8 Å². The summed E-state index contributed by atoms with van der Waals surface area (Å²) in [5.41, 5.74) is -1.09. The van der Waals surface area contributed by atoms with Crippen molar-refractivity contribution in [2.45, 2.75) is 45.6 Å². The molecule has 0 bridgehead atoms. The van der Waals surface area contributed by atoms with Gasteiger partial charge in [-0.15, -0.1) is 0 Å². The molecule has 0 spiro atoms. The molecule has 2 N–H and O–H groups in total. The van der Waals surface area contributed by atoms with Crippen molar-refractivity contribution >= 4 is 11.9 Å². The predicted octanol–water partition coefficient (Wildman–Crippen LogP) is 1.40. The van der Waals surface area contributed by atoms with Crippen molar-refractivity contribution < 1.29 is 14.7 Å². The third-order valence-electron chi connectivity index (χ3n) is 4.38. The predicted molar refractivity (Wildman–Crippen MR) is 58.8 cm³/mol. The molecule has 1 amide bonds. The van der Waals surface area contributed by atoms with E-state index in [1.165, 1.54) is 0 Å². The Hall–Kier alpha value is -1.06. The molecular formula is C12H19NO3. The zero-order valence-corrected chi connectivity index (χ0v) is 9.82. The summed E-state index contributed by atoms with van der Waals surface area (Å²) in [6, 6.07) is 0.166. The third-order valence-corrected chi connectivity index (χ3v) is 4.38. The van der Waals surface area contributed by atoms with E-state index >= 15 is 0 Å². The van der Waals surface area contributed by atoms with E-state index < -0.39 is 11.4 Å². The maximum absolute atomic E-state index is 11.9. The van der Waals surface area contributed by atoms with Crippen molar-refractivity contribution in [3.05, 3.63) is 0 Å². The smallest absolute Gasteiger partial charge is 0.319 e. The summed E-state index contributed by atoms with van der Waals surface area (Å²) in [5.74, 6) is -0.173.